The summed E-state index contributed by atoms with van der Waals surface area (Å²) in [4.78, 5) is 17.9. The van der Waals surface area contributed by atoms with E-state index in [-0.39, 0.29) is 11.7 Å². The summed E-state index contributed by atoms with van der Waals surface area (Å²) in [6.45, 7) is 8.01. The van der Waals surface area contributed by atoms with Crippen molar-refractivity contribution in [2.45, 2.75) is 19.8 Å². The molecule has 1 aromatic heterocycles. The molecule has 1 saturated heterocycles. The van der Waals surface area contributed by atoms with Gasteiger partial charge in [0.15, 0.2) is 0 Å². The van der Waals surface area contributed by atoms with Crippen molar-refractivity contribution in [1.29, 1.82) is 0 Å². The van der Waals surface area contributed by atoms with Gasteiger partial charge in [0.05, 0.1) is 5.02 Å². The summed E-state index contributed by atoms with van der Waals surface area (Å²) < 4.78 is 14.1. The highest BCUT2D eigenvalue weighted by atomic mass is 35.5. The van der Waals surface area contributed by atoms with Crippen LogP contribution in [0.4, 0.5) is 10.1 Å². The van der Waals surface area contributed by atoms with Crippen LogP contribution in [0.15, 0.2) is 42.5 Å². The van der Waals surface area contributed by atoms with Crippen LogP contribution in [0.5, 0.6) is 0 Å². The normalized spacial score (nSPS) is 14.9. The molecule has 1 N–H and O–H groups in total. The predicted octanol–water partition coefficient (Wildman–Crippen LogP) is 5.33. The van der Waals surface area contributed by atoms with E-state index in [0.29, 0.717) is 21.1 Å². The summed E-state index contributed by atoms with van der Waals surface area (Å²) >= 11 is 7.56. The first-order valence-electron chi connectivity index (χ1n) is 10.7. The highest BCUT2D eigenvalue weighted by Gasteiger charge is 2.18. The number of hydrogen-bond donors (Lipinski definition) is 1. The number of benzene rings is 2. The Balaban J connectivity index is 1.17. The summed E-state index contributed by atoms with van der Waals surface area (Å²) in [7, 11) is 0. The lowest BCUT2D eigenvalue weighted by Crippen LogP contribution is -2.46. The Hall–Kier alpha value is -2.15. The van der Waals surface area contributed by atoms with Crippen molar-refractivity contribution in [1.82, 2.24) is 10.2 Å². The van der Waals surface area contributed by atoms with Crippen molar-refractivity contribution >= 4 is 44.6 Å². The topological polar surface area (TPSA) is 35.6 Å². The molecular formula is C24H27ClFN3OS. The first-order chi connectivity index (χ1) is 15.0. The van der Waals surface area contributed by atoms with Crippen LogP contribution in [0, 0.1) is 12.7 Å². The standard InChI is InChI=1S/C24H27ClFN3OS/c1-17-5-4-6-19(15-17)29-13-11-28(12-14-29)10-3-2-9-27-24(30)23-22(25)20-8-7-18(26)16-21(20)31-23/h4-8,15-16H,2-3,9-14H2,1H3,(H,27,30). The zero-order chi connectivity index (χ0) is 21.8. The first kappa shape index (κ1) is 22.1. The van der Waals surface area contributed by atoms with Gasteiger partial charge in [0.2, 0.25) is 0 Å². The molecule has 0 bridgehead atoms. The van der Waals surface area contributed by atoms with Crippen LogP contribution in [0.3, 0.4) is 0 Å². The molecule has 0 saturated carbocycles. The fourth-order valence-corrected chi connectivity index (χ4v) is 5.44. The predicted molar refractivity (Wildman–Crippen MR) is 128 cm³/mol. The number of thiophene rings is 1. The molecule has 2 heterocycles. The van der Waals surface area contributed by atoms with E-state index < -0.39 is 0 Å². The van der Waals surface area contributed by atoms with E-state index in [2.05, 4.69) is 46.3 Å². The van der Waals surface area contributed by atoms with Gasteiger partial charge < -0.3 is 10.2 Å². The fraction of sp³-hybridized carbons (Fsp3) is 0.375. The SMILES string of the molecule is Cc1cccc(N2CCN(CCCCNC(=O)c3sc4cc(F)ccc4c3Cl)CC2)c1. The molecule has 31 heavy (non-hydrogen) atoms. The average molecular weight is 460 g/mol. The number of hydrogen-bond acceptors (Lipinski definition) is 4. The zero-order valence-electron chi connectivity index (χ0n) is 17.7. The van der Waals surface area contributed by atoms with Gasteiger partial charge in [-0.2, -0.15) is 0 Å². The van der Waals surface area contributed by atoms with E-state index in [9.17, 15) is 9.18 Å². The van der Waals surface area contributed by atoms with E-state index in [4.69, 9.17) is 11.6 Å². The number of carbonyl (C=O) groups is 1. The van der Waals surface area contributed by atoms with Crippen LogP contribution in [0.25, 0.3) is 10.1 Å². The lowest BCUT2D eigenvalue weighted by molar-refractivity contribution is 0.0956. The Morgan fingerprint density at radius 1 is 1.13 bits per heavy atom. The minimum absolute atomic E-state index is 0.182. The molecule has 1 amide bonds. The molecule has 2 aromatic carbocycles. The molecular weight excluding hydrogens is 433 g/mol. The Morgan fingerprint density at radius 2 is 1.94 bits per heavy atom. The van der Waals surface area contributed by atoms with Crippen LogP contribution in [-0.2, 0) is 0 Å². The van der Waals surface area contributed by atoms with Crippen LogP contribution in [0.1, 0.15) is 28.1 Å². The van der Waals surface area contributed by atoms with Gasteiger partial charge in [0, 0.05) is 48.5 Å². The molecule has 0 unspecified atom stereocenters. The highest BCUT2D eigenvalue weighted by Crippen LogP contribution is 2.35. The Morgan fingerprint density at radius 3 is 2.71 bits per heavy atom. The molecule has 0 spiro atoms. The van der Waals surface area contributed by atoms with Gasteiger partial charge in [-0.05, 0) is 62.2 Å². The molecule has 4 nitrogen and oxygen atoms in total. The summed E-state index contributed by atoms with van der Waals surface area (Å²) in [5.41, 5.74) is 2.61. The smallest absolute Gasteiger partial charge is 0.262 e. The number of halogens is 2. The molecule has 0 radical (unpaired) electrons. The molecule has 3 aromatic rings. The van der Waals surface area contributed by atoms with Crippen molar-refractivity contribution in [3.8, 4) is 0 Å². The van der Waals surface area contributed by atoms with E-state index in [1.807, 2.05) is 0 Å². The number of carbonyl (C=O) groups excluding carboxylic acids is 1. The van der Waals surface area contributed by atoms with Gasteiger partial charge in [-0.25, -0.2) is 4.39 Å². The lowest BCUT2D eigenvalue weighted by Gasteiger charge is -2.36. The second kappa shape index (κ2) is 9.98. The number of amides is 1. The third-order valence-electron chi connectivity index (χ3n) is 5.72. The van der Waals surface area contributed by atoms with Gasteiger partial charge in [-0.15, -0.1) is 11.3 Å². The minimum atomic E-state index is -0.322. The molecule has 0 aliphatic carbocycles. The first-order valence-corrected chi connectivity index (χ1v) is 11.9. The Bertz CT molecular complexity index is 1060. The summed E-state index contributed by atoms with van der Waals surface area (Å²) in [5, 5.41) is 4.08. The maximum Gasteiger partial charge on any atom is 0.262 e. The number of rotatable bonds is 7. The second-order valence-corrected chi connectivity index (χ2v) is 9.45. The fourth-order valence-electron chi connectivity index (χ4n) is 3.98. The number of fused-ring (bicyclic) bond motifs is 1. The molecule has 0 atom stereocenters. The zero-order valence-corrected chi connectivity index (χ0v) is 19.2. The highest BCUT2D eigenvalue weighted by molar-refractivity contribution is 7.21. The number of piperazine rings is 1. The van der Waals surface area contributed by atoms with Crippen molar-refractivity contribution in [2.24, 2.45) is 0 Å². The van der Waals surface area contributed by atoms with Crippen molar-refractivity contribution in [3.63, 3.8) is 0 Å². The van der Waals surface area contributed by atoms with Gasteiger partial charge in [-0.3, -0.25) is 9.69 Å². The van der Waals surface area contributed by atoms with Crippen LogP contribution >= 0.6 is 22.9 Å². The number of anilines is 1. The van der Waals surface area contributed by atoms with E-state index >= 15 is 0 Å². The third kappa shape index (κ3) is 5.37. The maximum atomic E-state index is 13.4. The van der Waals surface area contributed by atoms with E-state index in [1.54, 1.807) is 6.07 Å². The van der Waals surface area contributed by atoms with Gasteiger partial charge in [0.25, 0.3) is 5.91 Å². The Labute approximate surface area is 191 Å². The third-order valence-corrected chi connectivity index (χ3v) is 7.38. The van der Waals surface area contributed by atoms with Crippen molar-refractivity contribution in [2.75, 3.05) is 44.2 Å². The number of aryl methyl sites for hydroxylation is 1. The molecule has 164 valence electrons. The minimum Gasteiger partial charge on any atom is -0.369 e. The average Bonchev–Trinajstić information content (AvgIpc) is 3.09. The monoisotopic (exact) mass is 459 g/mol. The molecule has 7 heteroatoms. The van der Waals surface area contributed by atoms with Crippen molar-refractivity contribution in [3.05, 3.63) is 63.7 Å². The van der Waals surface area contributed by atoms with Crippen LogP contribution < -0.4 is 10.2 Å². The van der Waals surface area contributed by atoms with Gasteiger partial charge in [-0.1, -0.05) is 23.7 Å². The molecule has 4 rings (SSSR count). The van der Waals surface area contributed by atoms with Crippen molar-refractivity contribution < 1.29 is 9.18 Å². The summed E-state index contributed by atoms with van der Waals surface area (Å²) in [6.07, 6.45) is 1.96. The summed E-state index contributed by atoms with van der Waals surface area (Å²) in [6, 6.07) is 13.1. The molecule has 1 fully saturated rings. The van der Waals surface area contributed by atoms with Crippen LogP contribution in [-0.4, -0.2) is 50.1 Å². The maximum absolute atomic E-state index is 13.4. The van der Waals surface area contributed by atoms with E-state index in [0.717, 1.165) is 51.0 Å². The molecule has 1 aliphatic heterocycles. The molecule has 1 aliphatic rings. The second-order valence-electron chi connectivity index (χ2n) is 8.02. The summed E-state index contributed by atoms with van der Waals surface area (Å²) in [5.74, 6) is -0.504. The lowest BCUT2D eigenvalue weighted by atomic mass is 10.2. The van der Waals surface area contributed by atoms with Crippen LogP contribution in [0.2, 0.25) is 5.02 Å². The quantitative estimate of drug-likeness (QED) is 0.485. The number of nitrogens with one attached hydrogen (secondary N) is 1. The largest absolute Gasteiger partial charge is 0.369 e. The van der Waals surface area contributed by atoms with E-state index in [1.165, 1.54) is 34.7 Å². The number of nitrogens with zero attached hydrogens (tertiary/aromatic N) is 2. The Kier molecular flexibility index (Phi) is 7.10. The van der Waals surface area contributed by atoms with Gasteiger partial charge in [0.1, 0.15) is 10.7 Å². The van der Waals surface area contributed by atoms with Gasteiger partial charge >= 0.3 is 0 Å². The number of unbranched alkanes of at least 4 members (excludes halogenated alkanes) is 1.